The van der Waals surface area contributed by atoms with Crippen LogP contribution in [-0.2, 0) is 4.79 Å². The van der Waals surface area contributed by atoms with Crippen LogP contribution >= 0.6 is 0 Å². The van der Waals surface area contributed by atoms with Crippen molar-refractivity contribution in [3.63, 3.8) is 0 Å². The first-order chi connectivity index (χ1) is 13.7. The molecule has 0 bridgehead atoms. The lowest BCUT2D eigenvalue weighted by molar-refractivity contribution is -0.128. The third-order valence-electron chi connectivity index (χ3n) is 6.27. The number of fused-ring (bicyclic) bond motifs is 3. The number of unbranched alkanes of at least 4 members (excludes halogenated alkanes) is 1. The maximum Gasteiger partial charge on any atom is 0.328 e. The number of aromatic nitrogens is 1. The van der Waals surface area contributed by atoms with Gasteiger partial charge in [0, 0.05) is 37.0 Å². The van der Waals surface area contributed by atoms with Gasteiger partial charge in [-0.3, -0.25) is 19.6 Å². The highest BCUT2D eigenvalue weighted by molar-refractivity contribution is 6.05. The Kier molecular flexibility index (Phi) is 4.07. The summed E-state index contributed by atoms with van der Waals surface area (Å²) in [6.07, 6.45) is 14.4. The van der Waals surface area contributed by atoms with E-state index in [1.807, 2.05) is 12.1 Å². The lowest BCUT2D eigenvalue weighted by Gasteiger charge is -2.37. The van der Waals surface area contributed by atoms with Gasteiger partial charge in [0.2, 0.25) is 0 Å². The van der Waals surface area contributed by atoms with Crippen molar-refractivity contribution in [2.24, 2.45) is 5.92 Å². The van der Waals surface area contributed by atoms with E-state index in [-0.39, 0.29) is 29.9 Å². The first-order valence-electron chi connectivity index (χ1n) is 10.1. The highest BCUT2D eigenvalue weighted by Crippen LogP contribution is 2.48. The molecule has 6 heteroatoms. The second-order valence-electron chi connectivity index (χ2n) is 7.84. The Labute approximate surface area is 164 Å². The van der Waals surface area contributed by atoms with Crippen LogP contribution in [0.4, 0.5) is 4.79 Å². The number of allylic oxidation sites excluding steroid dienone is 2. The van der Waals surface area contributed by atoms with Crippen molar-refractivity contribution >= 4 is 11.9 Å². The fourth-order valence-corrected chi connectivity index (χ4v) is 4.91. The van der Waals surface area contributed by atoms with Crippen LogP contribution in [-0.4, -0.2) is 45.4 Å². The smallest absolute Gasteiger partial charge is 0.328 e. The largest absolute Gasteiger partial charge is 0.379 e. The summed E-state index contributed by atoms with van der Waals surface area (Å²) in [5.74, 6) is 0.196. The number of amides is 3. The molecule has 1 fully saturated rings. The van der Waals surface area contributed by atoms with Gasteiger partial charge in [0.1, 0.15) is 6.04 Å². The normalized spacial score (nSPS) is 30.5. The maximum absolute atomic E-state index is 13.3. The van der Waals surface area contributed by atoms with E-state index in [9.17, 15) is 9.59 Å². The van der Waals surface area contributed by atoms with E-state index in [1.165, 1.54) is 10.5 Å². The van der Waals surface area contributed by atoms with E-state index in [4.69, 9.17) is 0 Å². The van der Waals surface area contributed by atoms with Crippen molar-refractivity contribution in [3.8, 4) is 0 Å². The van der Waals surface area contributed by atoms with Crippen LogP contribution in [0.25, 0.3) is 0 Å². The van der Waals surface area contributed by atoms with Crippen LogP contribution in [0.15, 0.2) is 60.1 Å². The number of imide groups is 1. The number of pyridine rings is 1. The molecule has 3 amide bonds. The Morgan fingerprint density at radius 2 is 1.96 bits per heavy atom. The molecule has 4 unspecified atom stereocenters. The highest BCUT2D eigenvalue weighted by Gasteiger charge is 2.54. The van der Waals surface area contributed by atoms with Gasteiger partial charge in [-0.05, 0) is 29.7 Å². The zero-order chi connectivity index (χ0) is 19.3. The van der Waals surface area contributed by atoms with Crippen LogP contribution < -0.4 is 5.32 Å². The summed E-state index contributed by atoms with van der Waals surface area (Å²) in [6, 6.07) is 3.23. The van der Waals surface area contributed by atoms with Crippen LogP contribution in [0.3, 0.4) is 0 Å². The first kappa shape index (κ1) is 17.2. The zero-order valence-corrected chi connectivity index (χ0v) is 15.9. The molecule has 1 saturated heterocycles. The molecule has 3 aliphatic heterocycles. The maximum atomic E-state index is 13.3. The number of nitrogens with zero attached hydrogens (tertiary/aromatic N) is 3. The van der Waals surface area contributed by atoms with E-state index in [0.29, 0.717) is 13.0 Å². The zero-order valence-electron chi connectivity index (χ0n) is 15.9. The fraction of sp³-hybridized carbons (Fsp3) is 0.409. The van der Waals surface area contributed by atoms with E-state index in [1.54, 1.807) is 17.3 Å². The summed E-state index contributed by atoms with van der Waals surface area (Å²) in [7, 11) is 0. The molecule has 0 spiro atoms. The number of nitrogens with one attached hydrogen (secondary N) is 1. The molecule has 0 saturated carbocycles. The van der Waals surface area contributed by atoms with Gasteiger partial charge >= 0.3 is 6.03 Å². The number of rotatable bonds is 4. The molecule has 0 aromatic carbocycles. The molecular weight excluding hydrogens is 352 g/mol. The summed E-state index contributed by atoms with van der Waals surface area (Å²) in [5.41, 5.74) is 3.32. The molecule has 1 aromatic heterocycles. The second kappa shape index (κ2) is 6.62. The van der Waals surface area contributed by atoms with Gasteiger partial charge in [-0.15, -0.1) is 0 Å². The van der Waals surface area contributed by atoms with Crippen LogP contribution in [0, 0.1) is 5.92 Å². The number of hydrogen-bond donors (Lipinski definition) is 1. The van der Waals surface area contributed by atoms with E-state index in [0.717, 1.165) is 24.1 Å². The molecule has 4 atom stereocenters. The number of hydrogen-bond acceptors (Lipinski definition) is 4. The molecule has 144 valence electrons. The summed E-state index contributed by atoms with van der Waals surface area (Å²) in [6.45, 7) is 2.57. The van der Waals surface area contributed by atoms with Crippen molar-refractivity contribution in [2.75, 3.05) is 6.54 Å². The molecule has 4 aliphatic rings. The Bertz CT molecular complexity index is 904. The van der Waals surface area contributed by atoms with Gasteiger partial charge in [-0.1, -0.05) is 37.6 Å². The minimum atomic E-state index is -0.416. The standard InChI is InChI=1S/C22H24N4O2/c1-2-3-12-25-21(27)18-13-16-15-6-4-5-7-17(15)24-19(16)20(26(18)22(25)28)14-8-10-23-11-9-14/h4-11,15,17-18,20,24H,2-3,12-13H2,1H3. The van der Waals surface area contributed by atoms with Crippen molar-refractivity contribution in [3.05, 3.63) is 65.7 Å². The van der Waals surface area contributed by atoms with Crippen LogP contribution in [0.5, 0.6) is 0 Å². The van der Waals surface area contributed by atoms with Gasteiger partial charge in [-0.25, -0.2) is 4.79 Å². The average molecular weight is 376 g/mol. The second-order valence-corrected chi connectivity index (χ2v) is 7.84. The summed E-state index contributed by atoms with van der Waals surface area (Å²) < 4.78 is 0. The number of carbonyl (C=O) groups is 2. The Hall–Kier alpha value is -2.89. The van der Waals surface area contributed by atoms with Gasteiger partial charge in [0.15, 0.2) is 0 Å². The van der Waals surface area contributed by atoms with Crippen molar-refractivity contribution in [2.45, 2.75) is 44.3 Å². The van der Waals surface area contributed by atoms with E-state index < -0.39 is 6.04 Å². The minimum Gasteiger partial charge on any atom is -0.379 e. The lowest BCUT2D eigenvalue weighted by atomic mass is 9.83. The lowest BCUT2D eigenvalue weighted by Crippen LogP contribution is -2.44. The molecule has 0 radical (unpaired) electrons. The Balaban J connectivity index is 1.59. The van der Waals surface area contributed by atoms with E-state index >= 15 is 0 Å². The summed E-state index contributed by atoms with van der Waals surface area (Å²) in [5, 5.41) is 3.65. The average Bonchev–Trinajstić information content (AvgIpc) is 3.21. The van der Waals surface area contributed by atoms with E-state index in [2.05, 4.69) is 41.5 Å². The Morgan fingerprint density at radius 3 is 2.75 bits per heavy atom. The summed E-state index contributed by atoms with van der Waals surface area (Å²) in [4.78, 5) is 33.8. The highest BCUT2D eigenvalue weighted by atomic mass is 16.2. The molecule has 1 aliphatic carbocycles. The predicted molar refractivity (Wildman–Crippen MR) is 105 cm³/mol. The molecular formula is C22H24N4O2. The third kappa shape index (κ3) is 2.44. The van der Waals surface area contributed by atoms with Crippen LogP contribution in [0.1, 0.15) is 37.8 Å². The van der Waals surface area contributed by atoms with Gasteiger partial charge in [0.25, 0.3) is 5.91 Å². The molecule has 1 aromatic rings. The molecule has 5 rings (SSSR count). The molecule has 28 heavy (non-hydrogen) atoms. The molecule has 4 heterocycles. The minimum absolute atomic E-state index is 0.0529. The topological polar surface area (TPSA) is 65.5 Å². The SMILES string of the molecule is CCCCN1C(=O)C2CC3=C(NC4C=CC=CC34)C(c3ccncc3)N2C1=O. The number of urea groups is 1. The first-order valence-corrected chi connectivity index (χ1v) is 10.1. The Morgan fingerprint density at radius 1 is 1.18 bits per heavy atom. The van der Waals surface area contributed by atoms with Gasteiger partial charge < -0.3 is 5.32 Å². The van der Waals surface area contributed by atoms with Gasteiger partial charge in [0.05, 0.1) is 12.1 Å². The quantitative estimate of drug-likeness (QED) is 0.821. The van der Waals surface area contributed by atoms with Gasteiger partial charge in [-0.2, -0.15) is 0 Å². The summed E-state index contributed by atoms with van der Waals surface area (Å²) >= 11 is 0. The predicted octanol–water partition coefficient (Wildman–Crippen LogP) is 2.93. The van der Waals surface area contributed by atoms with Crippen LogP contribution in [0.2, 0.25) is 0 Å². The third-order valence-corrected chi connectivity index (χ3v) is 6.27. The van der Waals surface area contributed by atoms with Crippen molar-refractivity contribution in [1.82, 2.24) is 20.1 Å². The molecule has 6 nitrogen and oxygen atoms in total. The van der Waals surface area contributed by atoms with Crippen molar-refractivity contribution in [1.29, 1.82) is 0 Å². The number of carbonyl (C=O) groups excluding carboxylic acids is 2. The fourth-order valence-electron chi connectivity index (χ4n) is 4.91. The molecule has 1 N–H and O–H groups in total. The van der Waals surface area contributed by atoms with Crippen molar-refractivity contribution < 1.29 is 9.59 Å². The monoisotopic (exact) mass is 376 g/mol.